The summed E-state index contributed by atoms with van der Waals surface area (Å²) in [5, 5.41) is 21.7. The number of pyridine rings is 1. The van der Waals surface area contributed by atoms with Gasteiger partial charge in [0.15, 0.2) is 11.5 Å². The Kier molecular flexibility index (Phi) is 3.58. The maximum atomic E-state index is 9.96. The fourth-order valence-electron chi connectivity index (χ4n) is 2.39. The summed E-state index contributed by atoms with van der Waals surface area (Å²) >= 11 is 0. The van der Waals surface area contributed by atoms with Crippen molar-refractivity contribution in [3.63, 3.8) is 0 Å². The van der Waals surface area contributed by atoms with E-state index in [0.29, 0.717) is 12.3 Å². The fraction of sp³-hybridized carbons (Fsp3) is 0.250. The third kappa shape index (κ3) is 2.73. The van der Waals surface area contributed by atoms with E-state index < -0.39 is 0 Å². The number of aromatic nitrogens is 3. The number of aromatic hydroxyl groups is 1. The highest BCUT2D eigenvalue weighted by atomic mass is 16.3. The second-order valence-electron chi connectivity index (χ2n) is 5.21. The molecule has 0 aliphatic heterocycles. The van der Waals surface area contributed by atoms with Gasteiger partial charge in [-0.1, -0.05) is 23.8 Å². The van der Waals surface area contributed by atoms with Crippen LogP contribution in [0.15, 0.2) is 42.6 Å². The van der Waals surface area contributed by atoms with Gasteiger partial charge < -0.3 is 10.4 Å². The van der Waals surface area contributed by atoms with Gasteiger partial charge in [0.1, 0.15) is 5.75 Å². The van der Waals surface area contributed by atoms with E-state index in [2.05, 4.69) is 15.5 Å². The highest BCUT2D eigenvalue weighted by molar-refractivity contribution is 5.38. The van der Waals surface area contributed by atoms with Gasteiger partial charge in [0.05, 0.1) is 6.54 Å². The Morgan fingerprint density at radius 1 is 1.24 bits per heavy atom. The van der Waals surface area contributed by atoms with Crippen LogP contribution in [0.25, 0.3) is 5.65 Å². The number of nitrogens with one attached hydrogen (secondary N) is 1. The molecule has 3 rings (SSSR count). The molecule has 0 saturated carbocycles. The SMILES string of the molecule is Cc1ccc(O)c(C(C)NCc2nnc3ccccn23)c1. The molecule has 0 aliphatic rings. The van der Waals surface area contributed by atoms with E-state index in [-0.39, 0.29) is 6.04 Å². The van der Waals surface area contributed by atoms with Crippen LogP contribution in [0, 0.1) is 6.92 Å². The molecule has 0 fully saturated rings. The molecule has 3 aromatic rings. The van der Waals surface area contributed by atoms with Crippen molar-refractivity contribution in [3.05, 3.63) is 59.5 Å². The van der Waals surface area contributed by atoms with Crippen LogP contribution in [0.2, 0.25) is 0 Å². The standard InChI is InChI=1S/C16H18N4O/c1-11-6-7-14(21)13(9-11)12(2)17-10-16-19-18-15-5-3-4-8-20(15)16/h3-9,12,17,21H,10H2,1-2H3. The third-order valence-corrected chi connectivity index (χ3v) is 3.60. The maximum Gasteiger partial charge on any atom is 0.160 e. The monoisotopic (exact) mass is 282 g/mol. The van der Waals surface area contributed by atoms with Crippen molar-refractivity contribution in [3.8, 4) is 5.75 Å². The van der Waals surface area contributed by atoms with Crippen LogP contribution in [-0.2, 0) is 6.54 Å². The van der Waals surface area contributed by atoms with Crippen molar-refractivity contribution < 1.29 is 5.11 Å². The van der Waals surface area contributed by atoms with Gasteiger partial charge in [-0.15, -0.1) is 10.2 Å². The Hall–Kier alpha value is -2.40. The lowest BCUT2D eigenvalue weighted by Gasteiger charge is -2.15. The first-order valence-electron chi connectivity index (χ1n) is 6.96. The molecule has 0 aliphatic carbocycles. The smallest absolute Gasteiger partial charge is 0.160 e. The van der Waals surface area contributed by atoms with Gasteiger partial charge >= 0.3 is 0 Å². The number of benzene rings is 1. The molecule has 2 N–H and O–H groups in total. The number of rotatable bonds is 4. The van der Waals surface area contributed by atoms with Gasteiger partial charge in [-0.2, -0.15) is 0 Å². The van der Waals surface area contributed by atoms with Crippen LogP contribution in [0.4, 0.5) is 0 Å². The van der Waals surface area contributed by atoms with E-state index in [0.717, 1.165) is 22.6 Å². The topological polar surface area (TPSA) is 62.5 Å². The van der Waals surface area contributed by atoms with E-state index in [1.807, 2.05) is 54.8 Å². The number of nitrogens with zero attached hydrogens (tertiary/aromatic N) is 3. The van der Waals surface area contributed by atoms with Gasteiger partial charge in [0.25, 0.3) is 0 Å². The maximum absolute atomic E-state index is 9.96. The summed E-state index contributed by atoms with van der Waals surface area (Å²) in [5.74, 6) is 1.16. The predicted molar refractivity (Wildman–Crippen MR) is 81.1 cm³/mol. The molecule has 2 heterocycles. The molecule has 1 aromatic carbocycles. The molecule has 5 nitrogen and oxygen atoms in total. The molecule has 0 radical (unpaired) electrons. The normalized spacial score (nSPS) is 12.7. The number of fused-ring (bicyclic) bond motifs is 1. The molecule has 0 amide bonds. The number of phenols is 1. The lowest BCUT2D eigenvalue weighted by Crippen LogP contribution is -2.19. The number of hydrogen-bond acceptors (Lipinski definition) is 4. The zero-order valence-electron chi connectivity index (χ0n) is 12.1. The molecule has 5 heteroatoms. The van der Waals surface area contributed by atoms with Crippen molar-refractivity contribution in [1.82, 2.24) is 19.9 Å². The van der Waals surface area contributed by atoms with Crippen molar-refractivity contribution in [1.29, 1.82) is 0 Å². The summed E-state index contributed by atoms with van der Waals surface area (Å²) in [6, 6.07) is 11.5. The molecule has 2 aromatic heterocycles. The van der Waals surface area contributed by atoms with Crippen LogP contribution >= 0.6 is 0 Å². The van der Waals surface area contributed by atoms with Crippen LogP contribution in [0.5, 0.6) is 5.75 Å². The lowest BCUT2D eigenvalue weighted by molar-refractivity contribution is 0.450. The molecule has 0 bridgehead atoms. The first kappa shape index (κ1) is 13.6. The second kappa shape index (κ2) is 5.54. The third-order valence-electron chi connectivity index (χ3n) is 3.60. The average molecular weight is 282 g/mol. The van der Waals surface area contributed by atoms with Gasteiger partial charge in [0, 0.05) is 17.8 Å². The molecule has 21 heavy (non-hydrogen) atoms. The van der Waals surface area contributed by atoms with Crippen LogP contribution in [-0.4, -0.2) is 19.7 Å². The second-order valence-corrected chi connectivity index (χ2v) is 5.21. The number of phenolic OH excluding ortho intramolecular Hbond substituents is 1. The summed E-state index contributed by atoms with van der Waals surface area (Å²) in [4.78, 5) is 0. The predicted octanol–water partition coefficient (Wildman–Crippen LogP) is 2.59. The Morgan fingerprint density at radius 2 is 2.10 bits per heavy atom. The molecule has 0 saturated heterocycles. The first-order chi connectivity index (χ1) is 10.1. The minimum Gasteiger partial charge on any atom is -0.508 e. The van der Waals surface area contributed by atoms with Crippen molar-refractivity contribution in [2.24, 2.45) is 0 Å². The average Bonchev–Trinajstić information content (AvgIpc) is 2.90. The van der Waals surface area contributed by atoms with E-state index in [9.17, 15) is 5.11 Å². The van der Waals surface area contributed by atoms with E-state index in [1.54, 1.807) is 6.07 Å². The quantitative estimate of drug-likeness (QED) is 0.772. The number of aryl methyl sites for hydroxylation is 1. The van der Waals surface area contributed by atoms with Crippen LogP contribution in [0.3, 0.4) is 0 Å². The minimum atomic E-state index is 0.0287. The van der Waals surface area contributed by atoms with E-state index in [1.165, 1.54) is 0 Å². The fourth-order valence-corrected chi connectivity index (χ4v) is 2.39. The zero-order valence-corrected chi connectivity index (χ0v) is 12.1. The molecule has 1 atom stereocenters. The zero-order chi connectivity index (χ0) is 14.8. The lowest BCUT2D eigenvalue weighted by atomic mass is 10.0. The number of hydrogen-bond donors (Lipinski definition) is 2. The van der Waals surface area contributed by atoms with E-state index in [4.69, 9.17) is 0 Å². The highest BCUT2D eigenvalue weighted by Gasteiger charge is 2.12. The molecule has 1 unspecified atom stereocenters. The first-order valence-corrected chi connectivity index (χ1v) is 6.96. The molecule has 108 valence electrons. The summed E-state index contributed by atoms with van der Waals surface area (Å²) in [5.41, 5.74) is 2.86. The Bertz CT molecular complexity index is 766. The molecular weight excluding hydrogens is 264 g/mol. The summed E-state index contributed by atoms with van der Waals surface area (Å²) in [6.45, 7) is 4.62. The Morgan fingerprint density at radius 3 is 2.95 bits per heavy atom. The Balaban J connectivity index is 1.76. The van der Waals surface area contributed by atoms with Crippen molar-refractivity contribution >= 4 is 5.65 Å². The summed E-state index contributed by atoms with van der Waals surface area (Å²) < 4.78 is 1.95. The Labute approximate surface area is 123 Å². The molecule has 0 spiro atoms. The highest BCUT2D eigenvalue weighted by Crippen LogP contribution is 2.25. The van der Waals surface area contributed by atoms with Gasteiger partial charge in [-0.05, 0) is 32.0 Å². The van der Waals surface area contributed by atoms with Crippen molar-refractivity contribution in [2.75, 3.05) is 0 Å². The van der Waals surface area contributed by atoms with Crippen molar-refractivity contribution in [2.45, 2.75) is 26.4 Å². The van der Waals surface area contributed by atoms with Gasteiger partial charge in [0.2, 0.25) is 0 Å². The van der Waals surface area contributed by atoms with Crippen LogP contribution in [0.1, 0.15) is 29.9 Å². The summed E-state index contributed by atoms with van der Waals surface area (Å²) in [6.07, 6.45) is 1.95. The minimum absolute atomic E-state index is 0.0287. The molecular formula is C16H18N4O. The van der Waals surface area contributed by atoms with Gasteiger partial charge in [-0.3, -0.25) is 4.40 Å². The van der Waals surface area contributed by atoms with E-state index >= 15 is 0 Å². The largest absolute Gasteiger partial charge is 0.508 e. The van der Waals surface area contributed by atoms with Crippen LogP contribution < -0.4 is 5.32 Å². The summed E-state index contributed by atoms with van der Waals surface area (Å²) in [7, 11) is 0. The van der Waals surface area contributed by atoms with Gasteiger partial charge in [-0.25, -0.2) is 0 Å².